The predicted molar refractivity (Wildman–Crippen MR) is 263 cm³/mol. The summed E-state index contributed by atoms with van der Waals surface area (Å²) in [6.45, 7) is 25.7. The van der Waals surface area contributed by atoms with E-state index >= 15 is 0 Å². The van der Waals surface area contributed by atoms with Crippen molar-refractivity contribution < 1.29 is 9.60 Å². The Bertz CT molecular complexity index is 3720. The Morgan fingerprint density at radius 1 is 0.433 bits per heavy atom. The van der Waals surface area contributed by atoms with Crippen LogP contribution in [0.5, 0.6) is 0 Å². The van der Waals surface area contributed by atoms with Crippen molar-refractivity contribution in [3.63, 3.8) is 0 Å². The highest BCUT2D eigenvalue weighted by Gasteiger charge is 2.41. The summed E-state index contributed by atoms with van der Waals surface area (Å²) in [4.78, 5) is 0. The molecule has 11 rings (SSSR count). The summed E-state index contributed by atoms with van der Waals surface area (Å²) in [7, 11) is 0. The quantitative estimate of drug-likeness (QED) is 0.155. The van der Waals surface area contributed by atoms with E-state index in [0.717, 1.165) is 55.5 Å². The minimum absolute atomic E-state index is 0.0723. The summed E-state index contributed by atoms with van der Waals surface area (Å²) in [6.07, 6.45) is 0. The summed E-state index contributed by atoms with van der Waals surface area (Å²) in [5, 5.41) is 2.88. The van der Waals surface area contributed by atoms with Crippen LogP contribution in [0.3, 0.4) is 0 Å². The van der Waals surface area contributed by atoms with Crippen LogP contribution in [0, 0.1) is 41.5 Å². The van der Waals surface area contributed by atoms with Crippen molar-refractivity contribution in [2.45, 2.75) is 93.9 Å². The van der Waals surface area contributed by atoms with Gasteiger partial charge in [0.05, 0.1) is 20.6 Å². The second-order valence-electron chi connectivity index (χ2n) is 20.1. The number of aryl methyl sites for hydroxylation is 6. The molecule has 0 N–H and O–H groups in total. The predicted octanol–water partition coefficient (Wildman–Crippen LogP) is 9.99. The summed E-state index contributed by atoms with van der Waals surface area (Å²) in [5.74, 6) is 0. The summed E-state index contributed by atoms with van der Waals surface area (Å²) < 4.78 is 69.9. The first-order valence-electron chi connectivity index (χ1n) is 24.9. The molecular weight excluding hydrogens is 722 g/mol. The molecule has 9 aromatic rings. The molecule has 60 heavy (non-hydrogen) atoms. The molecule has 0 radical (unpaired) electrons. The number of rotatable bonds is 2. The fourth-order valence-electron chi connectivity index (χ4n) is 11.3. The Labute approximate surface area is 366 Å². The molecule has 0 aliphatic carbocycles. The zero-order valence-corrected chi connectivity index (χ0v) is 36.9. The Hall–Kier alpha value is -5.73. The SMILES string of the molecule is [2H]c1c([2H])c([2H])c2c(c1[2H])c1c([2H])c([2H])c([2H])c3c1n2-c1cc2c(cc1B3c1c(C)cc(C)cc1C)-n1c3ccc(C(C)(C)C)cc3c3cc(C(C)(C)C)cc(c31)B2c1c(C)cc(C)cc1C. The average Bonchev–Trinajstić information content (AvgIpc) is 3.77. The number of nitrogens with zero attached hydrogens (tertiary/aromatic N) is 2. The van der Waals surface area contributed by atoms with E-state index < -0.39 is 6.71 Å². The highest BCUT2D eigenvalue weighted by molar-refractivity contribution is 7.00. The molecule has 0 saturated carbocycles. The first kappa shape index (κ1) is 30.3. The van der Waals surface area contributed by atoms with Crippen molar-refractivity contribution >= 4 is 89.8 Å². The largest absolute Gasteiger partial charge is 0.310 e. The normalized spacial score (nSPS) is 15.2. The maximum absolute atomic E-state index is 9.83. The van der Waals surface area contributed by atoms with Gasteiger partial charge in [-0.3, -0.25) is 0 Å². The molecule has 0 spiro atoms. The number of aromatic nitrogens is 2. The first-order valence-corrected chi connectivity index (χ1v) is 21.4. The van der Waals surface area contributed by atoms with E-state index in [-0.39, 0.29) is 76.1 Å². The van der Waals surface area contributed by atoms with Crippen molar-refractivity contribution in [2.24, 2.45) is 0 Å². The van der Waals surface area contributed by atoms with Crippen molar-refractivity contribution in [2.75, 3.05) is 0 Å². The fraction of sp³-hybridized carbons (Fsp3) is 0.250. The van der Waals surface area contributed by atoms with Gasteiger partial charge in [-0.1, -0.05) is 159 Å². The van der Waals surface area contributed by atoms with E-state index in [9.17, 15) is 6.85 Å². The second-order valence-corrected chi connectivity index (χ2v) is 20.1. The molecule has 2 nitrogen and oxygen atoms in total. The lowest BCUT2D eigenvalue weighted by atomic mass is 9.32. The van der Waals surface area contributed by atoms with Crippen LogP contribution in [-0.2, 0) is 10.8 Å². The summed E-state index contributed by atoms with van der Waals surface area (Å²) >= 11 is 0. The van der Waals surface area contributed by atoms with Crippen molar-refractivity contribution in [1.29, 1.82) is 0 Å². The molecule has 0 atom stereocenters. The Kier molecular flexibility index (Phi) is 6.27. The molecule has 0 amide bonds. The van der Waals surface area contributed by atoms with Crippen LogP contribution in [0.2, 0.25) is 0 Å². The van der Waals surface area contributed by atoms with Crippen LogP contribution in [0.25, 0.3) is 55.0 Å². The van der Waals surface area contributed by atoms with Crippen molar-refractivity contribution in [1.82, 2.24) is 9.13 Å². The van der Waals surface area contributed by atoms with E-state index in [1.165, 1.54) is 49.5 Å². The molecule has 7 aromatic carbocycles. The second kappa shape index (κ2) is 12.4. The van der Waals surface area contributed by atoms with Crippen LogP contribution in [0.1, 0.15) is 95.6 Å². The maximum Gasteiger partial charge on any atom is 0.247 e. The minimum Gasteiger partial charge on any atom is -0.310 e. The van der Waals surface area contributed by atoms with Gasteiger partial charge >= 0.3 is 0 Å². The van der Waals surface area contributed by atoms with Gasteiger partial charge in [0.15, 0.2) is 0 Å². The Morgan fingerprint density at radius 3 is 1.52 bits per heavy atom. The molecule has 0 saturated heterocycles. The van der Waals surface area contributed by atoms with Gasteiger partial charge in [0.2, 0.25) is 13.4 Å². The highest BCUT2D eigenvalue weighted by atomic mass is 15.0. The maximum atomic E-state index is 9.83. The molecule has 0 unspecified atom stereocenters. The topological polar surface area (TPSA) is 9.86 Å². The molecule has 0 fully saturated rings. The molecule has 0 bridgehead atoms. The van der Waals surface area contributed by atoms with Crippen LogP contribution < -0.4 is 32.8 Å². The van der Waals surface area contributed by atoms with Crippen molar-refractivity contribution in [3.05, 3.63) is 154 Å². The van der Waals surface area contributed by atoms with Crippen LogP contribution in [0.4, 0.5) is 0 Å². The van der Waals surface area contributed by atoms with Gasteiger partial charge in [0.1, 0.15) is 0 Å². The fourth-order valence-corrected chi connectivity index (χ4v) is 11.3. The summed E-state index contributed by atoms with van der Waals surface area (Å²) in [5.41, 5.74) is 19.8. The van der Waals surface area contributed by atoms with E-state index in [1.54, 1.807) is 0 Å². The molecule has 2 aliphatic heterocycles. The lowest BCUT2D eigenvalue weighted by molar-refractivity contribution is 0.590. The molecule has 2 aliphatic rings. The summed E-state index contributed by atoms with van der Waals surface area (Å²) in [6, 6.07) is 23.5. The molecule has 4 heteroatoms. The van der Waals surface area contributed by atoms with E-state index in [4.69, 9.17) is 2.74 Å². The third kappa shape index (κ3) is 5.09. The van der Waals surface area contributed by atoms with Gasteiger partial charge in [0, 0.05) is 44.0 Å². The zero-order chi connectivity index (χ0) is 48.0. The molecule has 294 valence electrons. The average molecular weight is 784 g/mol. The lowest BCUT2D eigenvalue weighted by Crippen LogP contribution is -2.61. The number of hydrogen-bond acceptors (Lipinski definition) is 0. The van der Waals surface area contributed by atoms with Gasteiger partial charge in [-0.25, -0.2) is 0 Å². The first-order chi connectivity index (χ1) is 31.4. The Balaban J connectivity index is 1.42. The van der Waals surface area contributed by atoms with Gasteiger partial charge in [-0.15, -0.1) is 0 Å². The van der Waals surface area contributed by atoms with Crippen molar-refractivity contribution in [3.8, 4) is 11.4 Å². The van der Waals surface area contributed by atoms with E-state index in [2.05, 4.69) is 154 Å². The highest BCUT2D eigenvalue weighted by Crippen LogP contribution is 2.40. The van der Waals surface area contributed by atoms with Crippen LogP contribution in [-0.4, -0.2) is 22.6 Å². The minimum atomic E-state index is -0.567. The van der Waals surface area contributed by atoms with E-state index in [1.807, 2.05) is 4.57 Å². The zero-order valence-electron chi connectivity index (χ0n) is 43.9. The van der Waals surface area contributed by atoms with Gasteiger partial charge in [0.25, 0.3) is 0 Å². The number of para-hydroxylation sites is 2. The number of fused-ring (bicyclic) bond motifs is 10. The van der Waals surface area contributed by atoms with Crippen LogP contribution >= 0.6 is 0 Å². The van der Waals surface area contributed by atoms with Gasteiger partial charge in [-0.05, 0) is 122 Å². The van der Waals surface area contributed by atoms with Crippen LogP contribution in [0.15, 0.2) is 109 Å². The van der Waals surface area contributed by atoms with Gasteiger partial charge < -0.3 is 9.13 Å². The number of benzene rings is 7. The molecule has 2 aromatic heterocycles. The monoisotopic (exact) mass is 783 g/mol. The van der Waals surface area contributed by atoms with E-state index in [0.29, 0.717) is 11.0 Å². The lowest BCUT2D eigenvalue weighted by Gasteiger charge is -2.35. The number of hydrogen-bond donors (Lipinski definition) is 0. The molecule has 4 heterocycles. The smallest absolute Gasteiger partial charge is 0.247 e. The Morgan fingerprint density at radius 2 is 0.933 bits per heavy atom. The third-order valence-corrected chi connectivity index (χ3v) is 13.8. The standard InChI is InChI=1S/C56H54B2N2/c1-31-22-33(3)51(34(4)23-31)57-43-18-15-17-40-39-16-13-14-19-47(39)59(53(40)43)49-30-45-50(29-44(49)57)60-48-21-20-37(55(7,8)9)26-41(48)42-27-38(56(10,11)12)28-46(54(42)60)58(45)52-35(5)24-32(2)25-36(52)6/h13-30H,1-12H3/i13D,14D,15D,16D,17D,18D,19D. The third-order valence-electron chi connectivity index (χ3n) is 13.8. The molecular formula is C56H54B2N2. The van der Waals surface area contributed by atoms with Gasteiger partial charge in [-0.2, -0.15) is 0 Å².